The molecule has 0 N–H and O–H groups in total. The van der Waals surface area contributed by atoms with Crippen LogP contribution in [0, 0.1) is 0 Å². The minimum Gasteiger partial charge on any atom is -0.453 e. The van der Waals surface area contributed by atoms with E-state index in [1.54, 1.807) is 30.3 Å². The molecule has 0 spiro atoms. The SMILES string of the molecule is CC(=O)OCOC(=O)c1cccc(C(=O)OC(OC(C)=O)c2cc3ccccc3o2)c1. The number of carbonyl (C=O) groups excluding carboxylic acids is 4. The van der Waals surface area contributed by atoms with E-state index in [0.29, 0.717) is 5.58 Å². The van der Waals surface area contributed by atoms with Gasteiger partial charge in [0.2, 0.25) is 6.79 Å². The Morgan fingerprint density at radius 2 is 1.52 bits per heavy atom. The van der Waals surface area contributed by atoms with Crippen LogP contribution in [-0.2, 0) is 28.5 Å². The van der Waals surface area contributed by atoms with Crippen LogP contribution < -0.4 is 0 Å². The molecule has 0 aliphatic rings. The molecule has 9 nitrogen and oxygen atoms in total. The molecule has 160 valence electrons. The summed E-state index contributed by atoms with van der Waals surface area (Å²) in [5.41, 5.74) is 0.577. The molecule has 0 fully saturated rings. The van der Waals surface area contributed by atoms with Crippen molar-refractivity contribution < 1.29 is 42.5 Å². The Morgan fingerprint density at radius 3 is 2.19 bits per heavy atom. The van der Waals surface area contributed by atoms with Crippen molar-refractivity contribution in [2.75, 3.05) is 6.79 Å². The van der Waals surface area contributed by atoms with E-state index in [-0.39, 0.29) is 16.9 Å². The largest absolute Gasteiger partial charge is 0.453 e. The van der Waals surface area contributed by atoms with Crippen LogP contribution in [0.3, 0.4) is 0 Å². The number of benzene rings is 2. The average molecular weight is 426 g/mol. The quantitative estimate of drug-likeness (QED) is 0.413. The lowest BCUT2D eigenvalue weighted by atomic mass is 10.1. The number of rotatable bonds is 7. The summed E-state index contributed by atoms with van der Waals surface area (Å²) in [4.78, 5) is 46.9. The molecule has 1 aromatic heterocycles. The van der Waals surface area contributed by atoms with Crippen LogP contribution in [0.15, 0.2) is 59.0 Å². The molecule has 31 heavy (non-hydrogen) atoms. The van der Waals surface area contributed by atoms with Crippen LogP contribution in [-0.4, -0.2) is 30.7 Å². The minimum atomic E-state index is -1.42. The van der Waals surface area contributed by atoms with Crippen LogP contribution in [0.1, 0.15) is 46.6 Å². The van der Waals surface area contributed by atoms with Crippen molar-refractivity contribution in [1.29, 1.82) is 0 Å². The lowest BCUT2D eigenvalue weighted by Gasteiger charge is -2.15. The fraction of sp³-hybridized carbons (Fsp3) is 0.182. The van der Waals surface area contributed by atoms with Gasteiger partial charge in [-0.05, 0) is 30.3 Å². The topological polar surface area (TPSA) is 118 Å². The van der Waals surface area contributed by atoms with E-state index in [1.807, 2.05) is 0 Å². The normalized spacial score (nSPS) is 11.4. The number of para-hydroxylation sites is 1. The third-order valence-electron chi connectivity index (χ3n) is 3.95. The minimum absolute atomic E-state index is 0.00944. The highest BCUT2D eigenvalue weighted by atomic mass is 16.7. The molecule has 1 unspecified atom stereocenters. The van der Waals surface area contributed by atoms with Crippen LogP contribution in [0.2, 0.25) is 0 Å². The van der Waals surface area contributed by atoms with Crippen molar-refractivity contribution in [1.82, 2.24) is 0 Å². The summed E-state index contributed by atoms with van der Waals surface area (Å²) < 4.78 is 25.4. The Labute approximate surface area is 176 Å². The van der Waals surface area contributed by atoms with E-state index in [2.05, 4.69) is 4.74 Å². The van der Waals surface area contributed by atoms with Crippen molar-refractivity contribution >= 4 is 34.8 Å². The highest BCUT2D eigenvalue weighted by Gasteiger charge is 2.25. The lowest BCUT2D eigenvalue weighted by Crippen LogP contribution is -2.17. The van der Waals surface area contributed by atoms with E-state index in [0.717, 1.165) is 5.39 Å². The zero-order chi connectivity index (χ0) is 22.4. The molecule has 0 aliphatic heterocycles. The summed E-state index contributed by atoms with van der Waals surface area (Å²) in [5, 5.41) is 0.739. The Hall–Kier alpha value is -4.14. The van der Waals surface area contributed by atoms with Gasteiger partial charge in [-0.1, -0.05) is 24.3 Å². The highest BCUT2D eigenvalue weighted by molar-refractivity contribution is 5.95. The van der Waals surface area contributed by atoms with Crippen LogP contribution in [0.4, 0.5) is 0 Å². The number of ether oxygens (including phenoxy) is 4. The first-order valence-electron chi connectivity index (χ1n) is 9.10. The number of furan rings is 1. The van der Waals surface area contributed by atoms with E-state index in [1.165, 1.54) is 38.1 Å². The molecule has 0 saturated heterocycles. The lowest BCUT2D eigenvalue weighted by molar-refractivity contribution is -0.170. The first-order chi connectivity index (χ1) is 14.8. The van der Waals surface area contributed by atoms with E-state index < -0.39 is 37.0 Å². The van der Waals surface area contributed by atoms with Crippen molar-refractivity contribution in [3.63, 3.8) is 0 Å². The van der Waals surface area contributed by atoms with Gasteiger partial charge in [-0.25, -0.2) is 9.59 Å². The van der Waals surface area contributed by atoms with Crippen molar-refractivity contribution in [3.05, 3.63) is 71.5 Å². The van der Waals surface area contributed by atoms with Crippen molar-refractivity contribution in [3.8, 4) is 0 Å². The first-order valence-corrected chi connectivity index (χ1v) is 9.10. The standard InChI is InChI=1S/C22H18O9/c1-13(23)27-12-28-20(25)16-7-5-8-17(10-16)21(26)31-22(29-14(2)24)19-11-15-6-3-4-9-18(15)30-19/h3-11,22H,12H2,1-2H3. The van der Waals surface area contributed by atoms with Crippen LogP contribution in [0.25, 0.3) is 11.0 Å². The Balaban J connectivity index is 1.76. The number of fused-ring (bicyclic) bond motifs is 1. The van der Waals surface area contributed by atoms with E-state index in [4.69, 9.17) is 18.6 Å². The van der Waals surface area contributed by atoms with Crippen LogP contribution >= 0.6 is 0 Å². The third-order valence-corrected chi connectivity index (χ3v) is 3.95. The number of hydrogen-bond donors (Lipinski definition) is 0. The van der Waals surface area contributed by atoms with Gasteiger partial charge in [0.1, 0.15) is 5.58 Å². The summed E-state index contributed by atoms with van der Waals surface area (Å²) in [6.45, 7) is 1.79. The van der Waals surface area contributed by atoms with E-state index >= 15 is 0 Å². The molecule has 0 saturated carbocycles. The molecule has 1 heterocycles. The Bertz CT molecular complexity index is 1100. The van der Waals surface area contributed by atoms with Gasteiger partial charge in [-0.3, -0.25) is 9.59 Å². The Kier molecular flexibility index (Phi) is 6.66. The maximum absolute atomic E-state index is 12.6. The van der Waals surface area contributed by atoms with Gasteiger partial charge in [0.15, 0.2) is 5.76 Å². The molecule has 2 aromatic carbocycles. The van der Waals surface area contributed by atoms with Crippen molar-refractivity contribution in [2.24, 2.45) is 0 Å². The summed E-state index contributed by atoms with van der Waals surface area (Å²) in [6.07, 6.45) is -1.42. The Morgan fingerprint density at radius 1 is 0.806 bits per heavy atom. The molecule has 1 atom stereocenters. The van der Waals surface area contributed by atoms with Crippen molar-refractivity contribution in [2.45, 2.75) is 20.1 Å². The smallest absolute Gasteiger partial charge is 0.341 e. The monoisotopic (exact) mass is 426 g/mol. The van der Waals surface area contributed by atoms with Gasteiger partial charge >= 0.3 is 30.2 Å². The molecular weight excluding hydrogens is 408 g/mol. The third kappa shape index (κ3) is 5.69. The van der Waals surface area contributed by atoms with Gasteiger partial charge in [-0.15, -0.1) is 0 Å². The number of esters is 4. The second-order valence-electron chi connectivity index (χ2n) is 6.30. The molecular formula is C22H18O9. The highest BCUT2D eigenvalue weighted by Crippen LogP contribution is 2.28. The summed E-state index contributed by atoms with van der Waals surface area (Å²) in [6, 6.07) is 14.2. The number of hydrogen-bond acceptors (Lipinski definition) is 9. The molecule has 3 rings (SSSR count). The number of carbonyl (C=O) groups is 4. The molecule has 0 bridgehead atoms. The predicted molar refractivity (Wildman–Crippen MR) is 105 cm³/mol. The second kappa shape index (κ2) is 9.57. The van der Waals surface area contributed by atoms with Gasteiger partial charge in [0.25, 0.3) is 0 Å². The molecule has 9 heteroatoms. The van der Waals surface area contributed by atoms with Gasteiger partial charge in [0, 0.05) is 19.2 Å². The van der Waals surface area contributed by atoms with E-state index in [9.17, 15) is 19.2 Å². The molecule has 0 aliphatic carbocycles. The second-order valence-corrected chi connectivity index (χ2v) is 6.30. The summed E-state index contributed by atoms with van der Waals surface area (Å²) in [5.74, 6) is -2.82. The first kappa shape index (κ1) is 21.6. The maximum Gasteiger partial charge on any atom is 0.341 e. The summed E-state index contributed by atoms with van der Waals surface area (Å²) in [7, 11) is 0. The average Bonchev–Trinajstić information content (AvgIpc) is 3.17. The molecule has 0 radical (unpaired) electrons. The van der Waals surface area contributed by atoms with Gasteiger partial charge in [-0.2, -0.15) is 0 Å². The molecule has 3 aromatic rings. The van der Waals surface area contributed by atoms with Gasteiger partial charge in [0.05, 0.1) is 11.1 Å². The van der Waals surface area contributed by atoms with Crippen LogP contribution in [0.5, 0.6) is 0 Å². The fourth-order valence-corrected chi connectivity index (χ4v) is 2.60. The van der Waals surface area contributed by atoms with Gasteiger partial charge < -0.3 is 23.4 Å². The predicted octanol–water partition coefficient (Wildman–Crippen LogP) is 3.53. The zero-order valence-corrected chi connectivity index (χ0v) is 16.7. The zero-order valence-electron chi connectivity index (χ0n) is 16.7. The molecule has 0 amide bonds. The summed E-state index contributed by atoms with van der Waals surface area (Å²) >= 11 is 0. The fourth-order valence-electron chi connectivity index (χ4n) is 2.60. The maximum atomic E-state index is 12.6.